The molecule has 9 nitrogen and oxygen atoms in total. The van der Waals surface area contributed by atoms with E-state index in [0.717, 1.165) is 38.9 Å². The van der Waals surface area contributed by atoms with E-state index in [9.17, 15) is 13.2 Å². The fraction of sp³-hybridized carbons (Fsp3) is 0.737. The van der Waals surface area contributed by atoms with Gasteiger partial charge in [-0.25, -0.2) is 22.7 Å². The van der Waals surface area contributed by atoms with Crippen molar-refractivity contribution in [3.63, 3.8) is 0 Å². The normalized spacial score (nSPS) is 22.0. The standard InChI is InChI=1S/C19H31N5O4S/c1-22(19(25)18-20-8-4-9-21-18)11-12-24(16-6-13-28-14-7-16)17-5-3-10-23(15-17)29(2,26)27/h4,8-9,16-17H,3,5-7,10-15H2,1-2H3. The third kappa shape index (κ3) is 5.94. The number of ether oxygens (including phenoxy) is 1. The van der Waals surface area contributed by atoms with Gasteiger partial charge < -0.3 is 9.64 Å². The van der Waals surface area contributed by atoms with E-state index in [1.54, 1.807) is 34.7 Å². The number of rotatable bonds is 7. The third-order valence-electron chi connectivity index (χ3n) is 5.75. The van der Waals surface area contributed by atoms with Crippen LogP contribution < -0.4 is 0 Å². The molecule has 0 radical (unpaired) electrons. The van der Waals surface area contributed by atoms with Crippen LogP contribution in [0, 0.1) is 0 Å². The molecule has 0 saturated carbocycles. The zero-order chi connectivity index (χ0) is 20.9. The highest BCUT2D eigenvalue weighted by Gasteiger charge is 2.34. The van der Waals surface area contributed by atoms with E-state index < -0.39 is 10.0 Å². The van der Waals surface area contributed by atoms with Crippen LogP contribution in [0.15, 0.2) is 18.5 Å². The summed E-state index contributed by atoms with van der Waals surface area (Å²) in [7, 11) is -1.45. The Morgan fingerprint density at radius 2 is 1.86 bits per heavy atom. The van der Waals surface area contributed by atoms with Crippen molar-refractivity contribution in [2.45, 2.75) is 37.8 Å². The lowest BCUT2D eigenvalue weighted by atomic mass is 9.99. The van der Waals surface area contributed by atoms with E-state index in [1.807, 2.05) is 0 Å². The first-order chi connectivity index (χ1) is 13.9. The van der Waals surface area contributed by atoms with Gasteiger partial charge in [0.1, 0.15) is 0 Å². The van der Waals surface area contributed by atoms with Gasteiger partial charge in [0.15, 0.2) is 0 Å². The maximum Gasteiger partial charge on any atom is 0.291 e. The molecule has 0 bridgehead atoms. The number of carbonyl (C=O) groups excluding carboxylic acids is 1. The zero-order valence-electron chi connectivity index (χ0n) is 17.2. The fourth-order valence-electron chi connectivity index (χ4n) is 4.12. The van der Waals surface area contributed by atoms with Crippen molar-refractivity contribution in [1.82, 2.24) is 24.1 Å². The maximum absolute atomic E-state index is 12.6. The number of hydrogen-bond donors (Lipinski definition) is 0. The minimum Gasteiger partial charge on any atom is -0.381 e. The van der Waals surface area contributed by atoms with E-state index in [2.05, 4.69) is 14.9 Å². The molecular weight excluding hydrogens is 394 g/mol. The number of piperidine rings is 1. The summed E-state index contributed by atoms with van der Waals surface area (Å²) in [6.07, 6.45) is 8.06. The van der Waals surface area contributed by atoms with E-state index in [0.29, 0.717) is 32.2 Å². The van der Waals surface area contributed by atoms with Gasteiger partial charge in [-0.2, -0.15) is 0 Å². The molecular formula is C19H31N5O4S. The molecule has 0 spiro atoms. The van der Waals surface area contributed by atoms with E-state index in [-0.39, 0.29) is 17.8 Å². The molecule has 2 aliphatic rings. The van der Waals surface area contributed by atoms with E-state index >= 15 is 0 Å². The topological polar surface area (TPSA) is 95.9 Å². The van der Waals surface area contributed by atoms with Crippen LogP contribution >= 0.6 is 0 Å². The maximum atomic E-state index is 12.6. The van der Waals surface area contributed by atoms with Crippen molar-refractivity contribution < 1.29 is 17.9 Å². The van der Waals surface area contributed by atoms with Gasteiger partial charge in [-0.3, -0.25) is 9.69 Å². The lowest BCUT2D eigenvalue weighted by molar-refractivity contribution is 0.00314. The summed E-state index contributed by atoms with van der Waals surface area (Å²) in [5, 5.41) is 0. The van der Waals surface area contributed by atoms with Gasteiger partial charge in [0.2, 0.25) is 15.8 Å². The van der Waals surface area contributed by atoms with Crippen LogP contribution in [-0.4, -0.2) is 103 Å². The Bertz CT molecular complexity index is 770. The molecule has 2 aliphatic heterocycles. The first-order valence-electron chi connectivity index (χ1n) is 10.2. The smallest absolute Gasteiger partial charge is 0.291 e. The molecule has 1 atom stereocenters. The molecule has 2 saturated heterocycles. The Balaban J connectivity index is 1.68. The van der Waals surface area contributed by atoms with E-state index in [1.165, 1.54) is 6.26 Å². The quantitative estimate of drug-likeness (QED) is 0.626. The highest BCUT2D eigenvalue weighted by Crippen LogP contribution is 2.24. The van der Waals surface area contributed by atoms with Gasteiger partial charge in [-0.1, -0.05) is 0 Å². The first kappa shape index (κ1) is 22.1. The Hall–Kier alpha value is -1.62. The number of likely N-dealkylation sites (N-methyl/N-ethyl adjacent to an activating group) is 1. The number of hydrogen-bond acceptors (Lipinski definition) is 7. The van der Waals surface area contributed by atoms with Crippen molar-refractivity contribution in [3.05, 3.63) is 24.3 Å². The van der Waals surface area contributed by atoms with Crippen LogP contribution in [0.5, 0.6) is 0 Å². The first-order valence-corrected chi connectivity index (χ1v) is 12.0. The molecule has 1 unspecified atom stereocenters. The van der Waals surface area contributed by atoms with Gasteiger partial charge in [-0.05, 0) is 31.7 Å². The van der Waals surface area contributed by atoms with Crippen molar-refractivity contribution in [2.24, 2.45) is 0 Å². The molecule has 3 rings (SSSR count). The molecule has 1 aromatic rings. The van der Waals surface area contributed by atoms with Gasteiger partial charge >= 0.3 is 0 Å². The lowest BCUT2D eigenvalue weighted by Crippen LogP contribution is -2.55. The summed E-state index contributed by atoms with van der Waals surface area (Å²) in [4.78, 5) is 24.7. The molecule has 1 amide bonds. The Morgan fingerprint density at radius 1 is 1.17 bits per heavy atom. The van der Waals surface area contributed by atoms with Crippen LogP contribution in [0.3, 0.4) is 0 Å². The summed E-state index contributed by atoms with van der Waals surface area (Å²) < 4.78 is 31.2. The van der Waals surface area contributed by atoms with Crippen molar-refractivity contribution >= 4 is 15.9 Å². The largest absolute Gasteiger partial charge is 0.381 e. The lowest BCUT2D eigenvalue weighted by Gasteiger charge is -2.44. The van der Waals surface area contributed by atoms with Crippen molar-refractivity contribution in [1.29, 1.82) is 0 Å². The minimum atomic E-state index is -3.20. The number of amides is 1. The predicted octanol–water partition coefficient (Wildman–Crippen LogP) is 0.454. The van der Waals surface area contributed by atoms with Gasteiger partial charge in [0.05, 0.1) is 6.26 Å². The average Bonchev–Trinajstić information content (AvgIpc) is 2.74. The van der Waals surface area contributed by atoms with Crippen LogP contribution in [0.25, 0.3) is 0 Å². The molecule has 162 valence electrons. The highest BCUT2D eigenvalue weighted by molar-refractivity contribution is 7.88. The fourth-order valence-corrected chi connectivity index (χ4v) is 5.02. The summed E-state index contributed by atoms with van der Waals surface area (Å²) in [5.41, 5.74) is 0. The van der Waals surface area contributed by atoms with Crippen LogP contribution in [0.1, 0.15) is 36.3 Å². The number of aromatic nitrogens is 2. The average molecular weight is 426 g/mol. The summed E-state index contributed by atoms with van der Waals surface area (Å²) >= 11 is 0. The van der Waals surface area contributed by atoms with Crippen LogP contribution in [0.2, 0.25) is 0 Å². The number of carbonyl (C=O) groups is 1. The minimum absolute atomic E-state index is 0.151. The zero-order valence-corrected chi connectivity index (χ0v) is 18.1. The highest BCUT2D eigenvalue weighted by atomic mass is 32.2. The van der Waals surface area contributed by atoms with Crippen molar-refractivity contribution in [2.75, 3.05) is 52.7 Å². The molecule has 0 aromatic carbocycles. The summed E-state index contributed by atoms with van der Waals surface area (Å²) in [6, 6.07) is 2.17. The molecule has 3 heterocycles. The SMILES string of the molecule is CN(CCN(C1CCOCC1)C1CCCN(S(C)(=O)=O)C1)C(=O)c1ncccn1. The predicted molar refractivity (Wildman–Crippen MR) is 109 cm³/mol. The number of nitrogens with zero attached hydrogens (tertiary/aromatic N) is 5. The monoisotopic (exact) mass is 425 g/mol. The second-order valence-corrected chi connectivity index (χ2v) is 9.78. The Morgan fingerprint density at radius 3 is 2.52 bits per heavy atom. The molecule has 1 aromatic heterocycles. The number of sulfonamides is 1. The second-order valence-electron chi connectivity index (χ2n) is 7.80. The van der Waals surface area contributed by atoms with Gasteiger partial charge in [-0.15, -0.1) is 0 Å². The van der Waals surface area contributed by atoms with Crippen LogP contribution in [-0.2, 0) is 14.8 Å². The third-order valence-corrected chi connectivity index (χ3v) is 7.02. The summed E-state index contributed by atoms with van der Waals surface area (Å²) in [6.45, 7) is 3.74. The molecule has 0 aliphatic carbocycles. The Labute approximate surface area is 173 Å². The Kier molecular flexibility index (Phi) is 7.55. The molecule has 0 N–H and O–H groups in total. The van der Waals surface area contributed by atoms with Crippen LogP contribution in [0.4, 0.5) is 0 Å². The van der Waals surface area contributed by atoms with Gasteiger partial charge in [0.25, 0.3) is 5.91 Å². The molecule has 2 fully saturated rings. The molecule has 29 heavy (non-hydrogen) atoms. The molecule has 10 heteroatoms. The second kappa shape index (κ2) is 9.92. The van der Waals surface area contributed by atoms with Crippen molar-refractivity contribution in [3.8, 4) is 0 Å². The van der Waals surface area contributed by atoms with Gasteiger partial charge in [0, 0.05) is 70.9 Å². The summed E-state index contributed by atoms with van der Waals surface area (Å²) in [5.74, 6) is -0.0209. The van der Waals surface area contributed by atoms with E-state index in [4.69, 9.17) is 4.74 Å².